The summed E-state index contributed by atoms with van der Waals surface area (Å²) < 4.78 is 35.4. The molecule has 2 aromatic heterocycles. The number of halogens is 1. The third kappa shape index (κ3) is 4.27. The summed E-state index contributed by atoms with van der Waals surface area (Å²) in [6, 6.07) is 12.9. The number of anilines is 1. The Kier molecular flexibility index (Phi) is 5.39. The molecule has 0 unspecified atom stereocenters. The number of hydrogen-bond acceptors (Lipinski definition) is 6. The molecule has 2 aromatic carbocycles. The zero-order valence-electron chi connectivity index (χ0n) is 15.7. The summed E-state index contributed by atoms with van der Waals surface area (Å²) in [4.78, 5) is 12.4. The minimum atomic E-state index is -3.77. The van der Waals surface area contributed by atoms with Gasteiger partial charge in [0.15, 0.2) is 0 Å². The van der Waals surface area contributed by atoms with E-state index in [-0.39, 0.29) is 4.90 Å². The highest BCUT2D eigenvalue weighted by atomic mass is 35.5. The Hall–Kier alpha value is -3.43. The zero-order valence-corrected chi connectivity index (χ0v) is 17.3. The second-order valence-corrected chi connectivity index (χ2v) is 8.34. The lowest BCUT2D eigenvalue weighted by atomic mass is 10.2. The molecule has 30 heavy (non-hydrogen) atoms. The topological polar surface area (TPSA) is 99.0 Å². The maximum Gasteiger partial charge on any atom is 0.262 e. The molecule has 8 nitrogen and oxygen atoms in total. The normalized spacial score (nSPS) is 11.3. The summed E-state index contributed by atoms with van der Waals surface area (Å²) in [5.41, 5.74) is 0.882. The van der Waals surface area contributed by atoms with Gasteiger partial charge in [-0.15, -0.1) is 0 Å². The number of imidazole rings is 1. The van der Waals surface area contributed by atoms with Gasteiger partial charge in [-0.3, -0.25) is 9.29 Å². The fourth-order valence-corrected chi connectivity index (χ4v) is 4.28. The van der Waals surface area contributed by atoms with Crippen LogP contribution in [-0.4, -0.2) is 27.9 Å². The van der Waals surface area contributed by atoms with E-state index in [1.54, 1.807) is 72.7 Å². The molecule has 152 valence electrons. The first kappa shape index (κ1) is 19.9. The van der Waals surface area contributed by atoms with Gasteiger partial charge in [0.2, 0.25) is 5.88 Å². The molecule has 0 radical (unpaired) electrons. The van der Waals surface area contributed by atoms with E-state index in [0.717, 1.165) is 0 Å². The maximum absolute atomic E-state index is 12.7. The van der Waals surface area contributed by atoms with E-state index >= 15 is 0 Å². The van der Waals surface area contributed by atoms with Gasteiger partial charge in [-0.05, 0) is 48.9 Å². The zero-order chi connectivity index (χ0) is 21.1. The molecule has 2 heterocycles. The number of benzene rings is 2. The molecule has 0 aliphatic heterocycles. The standard InChI is InChI=1S/C20H16ClN5O3S/c1-14-17(21)3-2-4-18(14)30(27,28)25-15-5-7-16(8-6-15)29-20-11-19(23-12-24-20)26-10-9-22-13-26/h2-13,25H,1H3. The highest BCUT2D eigenvalue weighted by molar-refractivity contribution is 7.92. The lowest BCUT2D eigenvalue weighted by Crippen LogP contribution is -2.14. The Morgan fingerprint density at radius 2 is 1.90 bits per heavy atom. The number of sulfonamides is 1. The summed E-state index contributed by atoms with van der Waals surface area (Å²) in [6.45, 7) is 1.66. The monoisotopic (exact) mass is 441 g/mol. The van der Waals surface area contributed by atoms with Crippen LogP contribution in [0.2, 0.25) is 5.02 Å². The molecule has 1 N–H and O–H groups in total. The summed E-state index contributed by atoms with van der Waals surface area (Å²) in [7, 11) is -3.77. The third-order valence-corrected chi connectivity index (χ3v) is 6.17. The van der Waals surface area contributed by atoms with Crippen molar-refractivity contribution in [2.24, 2.45) is 0 Å². The van der Waals surface area contributed by atoms with Crippen LogP contribution in [0.3, 0.4) is 0 Å². The quantitative estimate of drug-likeness (QED) is 0.481. The molecule has 0 saturated carbocycles. The number of rotatable bonds is 6. The van der Waals surface area contributed by atoms with E-state index < -0.39 is 10.0 Å². The van der Waals surface area contributed by atoms with Gasteiger partial charge in [0.25, 0.3) is 10.0 Å². The number of ether oxygens (including phenoxy) is 1. The van der Waals surface area contributed by atoms with E-state index in [0.29, 0.717) is 33.7 Å². The van der Waals surface area contributed by atoms with Gasteiger partial charge in [0.1, 0.15) is 24.2 Å². The molecule has 0 bridgehead atoms. The van der Waals surface area contributed by atoms with Crippen LogP contribution in [0.15, 0.2) is 78.5 Å². The molecule has 0 atom stereocenters. The molecule has 4 aromatic rings. The van der Waals surface area contributed by atoms with Crippen LogP contribution in [0.1, 0.15) is 5.56 Å². The van der Waals surface area contributed by atoms with Crippen molar-refractivity contribution in [1.29, 1.82) is 0 Å². The van der Waals surface area contributed by atoms with Crippen molar-refractivity contribution in [2.45, 2.75) is 11.8 Å². The number of aromatic nitrogens is 4. The van der Waals surface area contributed by atoms with E-state index in [1.807, 2.05) is 0 Å². The van der Waals surface area contributed by atoms with Crippen molar-refractivity contribution in [1.82, 2.24) is 19.5 Å². The second kappa shape index (κ2) is 8.13. The van der Waals surface area contributed by atoms with Crippen molar-refractivity contribution >= 4 is 27.3 Å². The van der Waals surface area contributed by atoms with Crippen molar-refractivity contribution in [2.75, 3.05) is 4.72 Å². The summed E-state index contributed by atoms with van der Waals surface area (Å²) >= 11 is 6.04. The SMILES string of the molecule is Cc1c(Cl)cccc1S(=O)(=O)Nc1ccc(Oc2cc(-n3ccnc3)ncn2)cc1. The smallest absolute Gasteiger partial charge is 0.262 e. The molecular weight excluding hydrogens is 426 g/mol. The molecule has 0 fully saturated rings. The largest absolute Gasteiger partial charge is 0.439 e. The second-order valence-electron chi connectivity index (χ2n) is 6.28. The Balaban J connectivity index is 1.50. The van der Waals surface area contributed by atoms with Crippen LogP contribution >= 0.6 is 11.6 Å². The lowest BCUT2D eigenvalue weighted by molar-refractivity contribution is 0.461. The first-order valence-corrected chi connectivity index (χ1v) is 10.6. The molecule has 0 aliphatic carbocycles. The highest BCUT2D eigenvalue weighted by Crippen LogP contribution is 2.26. The predicted octanol–water partition coefficient (Wildman–Crippen LogP) is 4.22. The maximum atomic E-state index is 12.7. The first-order valence-electron chi connectivity index (χ1n) is 8.78. The van der Waals surface area contributed by atoms with Gasteiger partial charge < -0.3 is 4.74 Å². The molecule has 10 heteroatoms. The van der Waals surface area contributed by atoms with Gasteiger partial charge in [0.05, 0.1) is 4.90 Å². The van der Waals surface area contributed by atoms with Crippen LogP contribution in [0.5, 0.6) is 11.6 Å². The van der Waals surface area contributed by atoms with Gasteiger partial charge in [-0.1, -0.05) is 17.7 Å². The van der Waals surface area contributed by atoms with Crippen LogP contribution in [0, 0.1) is 6.92 Å². The average Bonchev–Trinajstić information content (AvgIpc) is 3.26. The summed E-state index contributed by atoms with van der Waals surface area (Å²) in [6.07, 6.45) is 6.41. The number of nitrogens with zero attached hydrogens (tertiary/aromatic N) is 4. The van der Waals surface area contributed by atoms with Crippen molar-refractivity contribution in [3.8, 4) is 17.4 Å². The van der Waals surface area contributed by atoms with Crippen LogP contribution in [0.25, 0.3) is 5.82 Å². The summed E-state index contributed by atoms with van der Waals surface area (Å²) in [5.74, 6) is 1.45. The predicted molar refractivity (Wildman–Crippen MR) is 113 cm³/mol. The van der Waals surface area contributed by atoms with Crippen molar-refractivity contribution < 1.29 is 13.2 Å². The number of hydrogen-bond donors (Lipinski definition) is 1. The molecule has 0 spiro atoms. The Morgan fingerprint density at radius 3 is 2.63 bits per heavy atom. The minimum absolute atomic E-state index is 0.128. The van der Waals surface area contributed by atoms with Crippen LogP contribution in [-0.2, 0) is 10.0 Å². The van der Waals surface area contributed by atoms with Crippen molar-refractivity contribution in [3.05, 3.63) is 84.2 Å². The van der Waals surface area contributed by atoms with Crippen molar-refractivity contribution in [3.63, 3.8) is 0 Å². The molecular formula is C20H16ClN5O3S. The van der Waals surface area contributed by atoms with E-state index in [4.69, 9.17) is 16.3 Å². The molecule has 0 saturated heterocycles. The van der Waals surface area contributed by atoms with Crippen LogP contribution in [0.4, 0.5) is 5.69 Å². The molecule has 0 amide bonds. The highest BCUT2D eigenvalue weighted by Gasteiger charge is 2.18. The Bertz CT molecular complexity index is 1280. The van der Waals surface area contributed by atoms with E-state index in [9.17, 15) is 8.42 Å². The fraction of sp³-hybridized carbons (Fsp3) is 0.0500. The minimum Gasteiger partial charge on any atom is -0.439 e. The van der Waals surface area contributed by atoms with Gasteiger partial charge in [0, 0.05) is 29.2 Å². The van der Waals surface area contributed by atoms with E-state index in [1.165, 1.54) is 12.4 Å². The Labute approximate surface area is 178 Å². The van der Waals surface area contributed by atoms with E-state index in [2.05, 4.69) is 19.7 Å². The number of nitrogens with one attached hydrogen (secondary N) is 1. The third-order valence-electron chi connectivity index (χ3n) is 4.23. The fourth-order valence-electron chi connectivity index (χ4n) is 2.72. The van der Waals surface area contributed by atoms with Gasteiger partial charge in [-0.2, -0.15) is 0 Å². The van der Waals surface area contributed by atoms with Gasteiger partial charge in [-0.25, -0.2) is 23.4 Å². The molecule has 0 aliphatic rings. The Morgan fingerprint density at radius 1 is 1.10 bits per heavy atom. The average molecular weight is 442 g/mol. The van der Waals surface area contributed by atoms with Crippen LogP contribution < -0.4 is 9.46 Å². The lowest BCUT2D eigenvalue weighted by Gasteiger charge is -2.12. The van der Waals surface area contributed by atoms with Gasteiger partial charge >= 0.3 is 0 Å². The summed E-state index contributed by atoms with van der Waals surface area (Å²) in [5, 5.41) is 0.390. The first-order chi connectivity index (χ1) is 14.4. The molecule has 4 rings (SSSR count).